The van der Waals surface area contributed by atoms with Gasteiger partial charge in [0.1, 0.15) is 11.3 Å². The maximum atomic E-state index is 11.7. The first kappa shape index (κ1) is 13.0. The number of nitrogens with one attached hydrogen (secondary N) is 1. The molecule has 2 unspecified atom stereocenters. The van der Waals surface area contributed by atoms with E-state index in [-0.39, 0.29) is 17.9 Å². The summed E-state index contributed by atoms with van der Waals surface area (Å²) in [6.45, 7) is 3.70. The zero-order valence-corrected chi connectivity index (χ0v) is 11.2. The second-order valence-electron chi connectivity index (χ2n) is 4.47. The molecule has 2 aromatic rings. The predicted molar refractivity (Wildman–Crippen MR) is 72.7 cm³/mol. The van der Waals surface area contributed by atoms with Crippen molar-refractivity contribution in [2.24, 2.45) is 5.92 Å². The van der Waals surface area contributed by atoms with Crippen molar-refractivity contribution in [1.82, 2.24) is 5.32 Å². The first-order valence-corrected chi connectivity index (χ1v) is 6.50. The molecular formula is C14H16ClNO2. The maximum Gasteiger partial charge on any atom is 0.224 e. The fourth-order valence-corrected chi connectivity index (χ4v) is 1.85. The molecule has 1 heterocycles. The Hall–Kier alpha value is -1.48. The number of fused-ring (bicyclic) bond motifs is 1. The van der Waals surface area contributed by atoms with E-state index in [0.717, 1.165) is 16.7 Å². The molecule has 1 N–H and O–H groups in total. The number of hydrogen-bond donors (Lipinski definition) is 1. The molecule has 1 amide bonds. The summed E-state index contributed by atoms with van der Waals surface area (Å²) < 4.78 is 5.70. The molecule has 2 atom stereocenters. The second-order valence-corrected chi connectivity index (χ2v) is 4.78. The number of carbonyl (C=O) groups is 1. The van der Waals surface area contributed by atoms with Gasteiger partial charge in [0, 0.05) is 17.2 Å². The van der Waals surface area contributed by atoms with Crippen molar-refractivity contribution in [2.45, 2.75) is 19.9 Å². The van der Waals surface area contributed by atoms with E-state index < -0.39 is 0 Å². The van der Waals surface area contributed by atoms with Crippen molar-refractivity contribution in [1.29, 1.82) is 0 Å². The smallest absolute Gasteiger partial charge is 0.224 e. The molecule has 18 heavy (non-hydrogen) atoms. The molecule has 0 bridgehead atoms. The third-order valence-electron chi connectivity index (χ3n) is 2.91. The third-order valence-corrected chi connectivity index (χ3v) is 3.37. The Morgan fingerprint density at radius 3 is 2.78 bits per heavy atom. The van der Waals surface area contributed by atoms with E-state index in [0.29, 0.717) is 5.88 Å². The number of alkyl halides is 1. The molecule has 0 saturated heterocycles. The van der Waals surface area contributed by atoms with Gasteiger partial charge in [-0.2, -0.15) is 0 Å². The van der Waals surface area contributed by atoms with Crippen LogP contribution < -0.4 is 5.32 Å². The monoisotopic (exact) mass is 265 g/mol. The number of rotatable bonds is 4. The quantitative estimate of drug-likeness (QED) is 0.860. The minimum absolute atomic E-state index is 0.0574. The summed E-state index contributed by atoms with van der Waals surface area (Å²) in [4.78, 5) is 11.7. The SMILES string of the molecule is CC(CCl)C(=O)NC(C)c1cc2ccccc2o1. The minimum Gasteiger partial charge on any atom is -0.459 e. The van der Waals surface area contributed by atoms with Gasteiger partial charge in [0.2, 0.25) is 5.91 Å². The van der Waals surface area contributed by atoms with Crippen LogP contribution in [0.5, 0.6) is 0 Å². The number of furan rings is 1. The molecule has 0 saturated carbocycles. The standard InChI is InChI=1S/C14H16ClNO2/c1-9(8-15)14(17)16-10(2)13-7-11-5-3-4-6-12(11)18-13/h3-7,9-10H,8H2,1-2H3,(H,16,17). The van der Waals surface area contributed by atoms with Crippen LogP contribution in [0, 0.1) is 5.92 Å². The molecule has 0 aliphatic carbocycles. The summed E-state index contributed by atoms with van der Waals surface area (Å²) in [6, 6.07) is 9.57. The van der Waals surface area contributed by atoms with Gasteiger partial charge in [-0.15, -0.1) is 11.6 Å². The fraction of sp³-hybridized carbons (Fsp3) is 0.357. The lowest BCUT2D eigenvalue weighted by Crippen LogP contribution is -2.32. The highest BCUT2D eigenvalue weighted by atomic mass is 35.5. The fourth-order valence-electron chi connectivity index (χ4n) is 1.71. The van der Waals surface area contributed by atoms with Gasteiger partial charge in [-0.1, -0.05) is 25.1 Å². The van der Waals surface area contributed by atoms with Crippen molar-refractivity contribution < 1.29 is 9.21 Å². The molecule has 3 nitrogen and oxygen atoms in total. The van der Waals surface area contributed by atoms with Gasteiger partial charge in [-0.05, 0) is 19.1 Å². The molecule has 0 radical (unpaired) electrons. The first-order chi connectivity index (χ1) is 8.61. The second kappa shape index (κ2) is 5.44. The van der Waals surface area contributed by atoms with Gasteiger partial charge < -0.3 is 9.73 Å². The molecular weight excluding hydrogens is 250 g/mol. The van der Waals surface area contributed by atoms with E-state index in [4.69, 9.17) is 16.0 Å². The van der Waals surface area contributed by atoms with Gasteiger partial charge in [0.25, 0.3) is 0 Å². The van der Waals surface area contributed by atoms with Gasteiger partial charge >= 0.3 is 0 Å². The van der Waals surface area contributed by atoms with E-state index in [9.17, 15) is 4.79 Å². The number of amides is 1. The van der Waals surface area contributed by atoms with Crippen LogP contribution in [0.2, 0.25) is 0 Å². The van der Waals surface area contributed by atoms with Crippen molar-refractivity contribution in [2.75, 3.05) is 5.88 Å². The van der Waals surface area contributed by atoms with Crippen molar-refractivity contribution in [3.8, 4) is 0 Å². The highest BCUT2D eigenvalue weighted by molar-refractivity contribution is 6.19. The Balaban J connectivity index is 2.13. The topological polar surface area (TPSA) is 42.2 Å². The van der Waals surface area contributed by atoms with E-state index in [1.807, 2.05) is 37.3 Å². The largest absolute Gasteiger partial charge is 0.459 e. The van der Waals surface area contributed by atoms with E-state index in [1.165, 1.54) is 0 Å². The third kappa shape index (κ3) is 2.67. The molecule has 1 aromatic carbocycles. The average molecular weight is 266 g/mol. The van der Waals surface area contributed by atoms with Crippen LogP contribution in [-0.2, 0) is 4.79 Å². The lowest BCUT2D eigenvalue weighted by Gasteiger charge is -2.14. The Labute approximate surface area is 111 Å². The molecule has 0 spiro atoms. The van der Waals surface area contributed by atoms with Gasteiger partial charge in [-0.3, -0.25) is 4.79 Å². The van der Waals surface area contributed by atoms with E-state index in [1.54, 1.807) is 6.92 Å². The van der Waals surface area contributed by atoms with Crippen LogP contribution in [-0.4, -0.2) is 11.8 Å². The maximum absolute atomic E-state index is 11.7. The van der Waals surface area contributed by atoms with Crippen LogP contribution >= 0.6 is 11.6 Å². The van der Waals surface area contributed by atoms with Crippen LogP contribution in [0.1, 0.15) is 25.6 Å². The lowest BCUT2D eigenvalue weighted by molar-refractivity contribution is -0.124. The molecule has 96 valence electrons. The summed E-state index contributed by atoms with van der Waals surface area (Å²) in [5.41, 5.74) is 0.832. The van der Waals surface area contributed by atoms with Crippen LogP contribution in [0.25, 0.3) is 11.0 Å². The highest BCUT2D eigenvalue weighted by Crippen LogP contribution is 2.23. The Morgan fingerprint density at radius 2 is 2.11 bits per heavy atom. The van der Waals surface area contributed by atoms with Gasteiger partial charge in [0.05, 0.1) is 6.04 Å². The zero-order chi connectivity index (χ0) is 13.1. The summed E-state index contributed by atoms with van der Waals surface area (Å²) in [7, 11) is 0. The predicted octanol–water partition coefficient (Wildman–Crippen LogP) is 3.48. The van der Waals surface area contributed by atoms with Gasteiger partial charge in [-0.25, -0.2) is 0 Å². The molecule has 4 heteroatoms. The lowest BCUT2D eigenvalue weighted by atomic mass is 10.1. The average Bonchev–Trinajstić information content (AvgIpc) is 2.81. The van der Waals surface area contributed by atoms with Gasteiger partial charge in [0.15, 0.2) is 0 Å². The zero-order valence-electron chi connectivity index (χ0n) is 10.4. The molecule has 0 aliphatic rings. The number of halogens is 1. The van der Waals surface area contributed by atoms with Crippen LogP contribution in [0.15, 0.2) is 34.7 Å². The molecule has 0 fully saturated rings. The number of carbonyl (C=O) groups excluding carboxylic acids is 1. The van der Waals surface area contributed by atoms with Crippen LogP contribution in [0.3, 0.4) is 0 Å². The Kier molecular flexibility index (Phi) is 3.92. The van der Waals surface area contributed by atoms with Crippen molar-refractivity contribution >= 4 is 28.5 Å². The van der Waals surface area contributed by atoms with E-state index >= 15 is 0 Å². The molecule has 2 rings (SSSR count). The minimum atomic E-state index is -0.196. The highest BCUT2D eigenvalue weighted by Gasteiger charge is 2.17. The van der Waals surface area contributed by atoms with E-state index in [2.05, 4.69) is 5.32 Å². The number of hydrogen-bond acceptors (Lipinski definition) is 2. The van der Waals surface area contributed by atoms with Crippen molar-refractivity contribution in [3.05, 3.63) is 36.1 Å². The number of para-hydroxylation sites is 1. The molecule has 0 aliphatic heterocycles. The normalized spacial score (nSPS) is 14.4. The number of benzene rings is 1. The van der Waals surface area contributed by atoms with Crippen LogP contribution in [0.4, 0.5) is 0 Å². The summed E-state index contributed by atoms with van der Waals surface area (Å²) >= 11 is 5.66. The molecule has 1 aromatic heterocycles. The first-order valence-electron chi connectivity index (χ1n) is 5.96. The summed E-state index contributed by atoms with van der Waals surface area (Å²) in [5, 5.41) is 3.93. The van der Waals surface area contributed by atoms with Crippen molar-refractivity contribution in [3.63, 3.8) is 0 Å². The summed E-state index contributed by atoms with van der Waals surface area (Å²) in [6.07, 6.45) is 0. The summed E-state index contributed by atoms with van der Waals surface area (Å²) in [5.74, 6) is 0.821. The Bertz CT molecular complexity index is 516. The Morgan fingerprint density at radius 1 is 1.39 bits per heavy atom.